The van der Waals surface area contributed by atoms with Crippen molar-refractivity contribution in [2.75, 3.05) is 31.7 Å². The van der Waals surface area contributed by atoms with Gasteiger partial charge in [-0.2, -0.15) is 0 Å². The number of nitrogens with one attached hydrogen (secondary N) is 1. The van der Waals surface area contributed by atoms with Gasteiger partial charge in [0.15, 0.2) is 16.6 Å². The van der Waals surface area contributed by atoms with Gasteiger partial charge >= 0.3 is 5.97 Å². The van der Waals surface area contributed by atoms with Crippen LogP contribution in [0.4, 0.5) is 5.13 Å². The van der Waals surface area contributed by atoms with Crippen LogP contribution in [-0.2, 0) is 9.47 Å². The van der Waals surface area contributed by atoms with E-state index in [0.29, 0.717) is 15.9 Å². The average molecular weight is 312 g/mol. The fraction of sp³-hybridized carbons (Fsp3) is 0.643. The highest BCUT2D eigenvalue weighted by Gasteiger charge is 2.22. The highest BCUT2D eigenvalue weighted by Crippen LogP contribution is 2.25. The number of ketones is 1. The number of Topliss-reactive ketones (excluding diaryl/α,β-unsaturated/α-hetero) is 1. The molecule has 0 radical (unpaired) electrons. The fourth-order valence-corrected chi connectivity index (χ4v) is 3.01. The Morgan fingerprint density at radius 1 is 1.43 bits per heavy atom. The Labute approximate surface area is 127 Å². The third-order valence-corrected chi connectivity index (χ3v) is 4.41. The minimum Gasteiger partial charge on any atom is -0.461 e. The third kappa shape index (κ3) is 4.25. The molecule has 2 rings (SSSR count). The summed E-state index contributed by atoms with van der Waals surface area (Å²) in [5, 5.41) is 3.81. The van der Waals surface area contributed by atoms with Crippen molar-refractivity contribution in [3.63, 3.8) is 0 Å². The van der Waals surface area contributed by atoms with Gasteiger partial charge in [-0.1, -0.05) is 11.3 Å². The number of rotatable bonds is 6. The standard InChI is InChI=1S/C14H20N2O4S/c1-3-20-13(18)11-12(9(2)17)21-14(16-11)15-8-10-4-6-19-7-5-10/h10H,3-8H2,1-2H3,(H,15,16). The maximum absolute atomic E-state index is 11.8. The Morgan fingerprint density at radius 3 is 2.76 bits per heavy atom. The molecule has 1 aromatic rings. The van der Waals surface area contributed by atoms with Crippen molar-refractivity contribution < 1.29 is 19.1 Å². The summed E-state index contributed by atoms with van der Waals surface area (Å²) >= 11 is 1.21. The van der Waals surface area contributed by atoms with Crippen LogP contribution in [0.1, 0.15) is 46.8 Å². The van der Waals surface area contributed by atoms with E-state index in [-0.39, 0.29) is 18.1 Å². The number of ether oxygens (including phenoxy) is 2. The average Bonchev–Trinajstić information content (AvgIpc) is 2.91. The van der Waals surface area contributed by atoms with Gasteiger partial charge in [0.1, 0.15) is 4.88 Å². The number of esters is 1. The maximum atomic E-state index is 11.8. The summed E-state index contributed by atoms with van der Waals surface area (Å²) < 4.78 is 10.3. The molecule has 1 N–H and O–H groups in total. The van der Waals surface area contributed by atoms with Crippen LogP contribution in [-0.4, -0.2) is 43.1 Å². The molecule has 1 saturated heterocycles. The summed E-state index contributed by atoms with van der Waals surface area (Å²) in [4.78, 5) is 28.0. The molecule has 2 heterocycles. The molecule has 0 saturated carbocycles. The molecular weight excluding hydrogens is 292 g/mol. The second-order valence-electron chi connectivity index (χ2n) is 4.91. The zero-order chi connectivity index (χ0) is 15.2. The molecule has 0 aliphatic carbocycles. The summed E-state index contributed by atoms with van der Waals surface area (Å²) in [7, 11) is 0. The summed E-state index contributed by atoms with van der Waals surface area (Å²) in [6, 6.07) is 0. The van der Waals surface area contributed by atoms with Gasteiger partial charge in [-0.15, -0.1) is 0 Å². The van der Waals surface area contributed by atoms with E-state index in [2.05, 4.69) is 10.3 Å². The Kier molecular flexibility index (Phi) is 5.69. The first-order valence-corrected chi connectivity index (χ1v) is 7.94. The van der Waals surface area contributed by atoms with Crippen LogP contribution < -0.4 is 5.32 Å². The largest absolute Gasteiger partial charge is 0.461 e. The number of carbonyl (C=O) groups is 2. The molecule has 7 heteroatoms. The lowest BCUT2D eigenvalue weighted by atomic mass is 10.0. The molecule has 0 amide bonds. The minimum atomic E-state index is -0.543. The lowest BCUT2D eigenvalue weighted by molar-refractivity contribution is 0.0517. The predicted molar refractivity (Wildman–Crippen MR) is 80.1 cm³/mol. The zero-order valence-corrected chi connectivity index (χ0v) is 13.1. The lowest BCUT2D eigenvalue weighted by Crippen LogP contribution is -2.22. The zero-order valence-electron chi connectivity index (χ0n) is 12.3. The van der Waals surface area contributed by atoms with Crippen molar-refractivity contribution in [1.29, 1.82) is 0 Å². The first-order valence-electron chi connectivity index (χ1n) is 7.12. The van der Waals surface area contributed by atoms with E-state index >= 15 is 0 Å². The number of anilines is 1. The molecule has 1 fully saturated rings. The number of hydrogen-bond donors (Lipinski definition) is 1. The molecule has 116 valence electrons. The molecule has 0 aromatic carbocycles. The van der Waals surface area contributed by atoms with Crippen molar-refractivity contribution in [3.05, 3.63) is 10.6 Å². The van der Waals surface area contributed by atoms with Gasteiger partial charge in [0.25, 0.3) is 0 Å². The molecule has 0 atom stereocenters. The molecule has 0 unspecified atom stereocenters. The van der Waals surface area contributed by atoms with Crippen molar-refractivity contribution in [1.82, 2.24) is 4.98 Å². The molecule has 0 bridgehead atoms. The van der Waals surface area contributed by atoms with Crippen LogP contribution in [0.25, 0.3) is 0 Å². The Morgan fingerprint density at radius 2 is 2.14 bits per heavy atom. The fourth-order valence-electron chi connectivity index (χ4n) is 2.15. The van der Waals surface area contributed by atoms with Crippen LogP contribution in [0.15, 0.2) is 0 Å². The first kappa shape index (κ1) is 15.9. The Bertz CT molecular complexity index is 509. The first-order chi connectivity index (χ1) is 10.1. The monoisotopic (exact) mass is 312 g/mol. The number of carbonyl (C=O) groups excluding carboxylic acids is 2. The van der Waals surface area contributed by atoms with Crippen LogP contribution in [0, 0.1) is 5.92 Å². The second-order valence-corrected chi connectivity index (χ2v) is 5.91. The molecule has 6 nitrogen and oxygen atoms in total. The van der Waals surface area contributed by atoms with Gasteiger partial charge in [-0.25, -0.2) is 9.78 Å². The van der Waals surface area contributed by atoms with E-state index in [1.54, 1.807) is 6.92 Å². The summed E-state index contributed by atoms with van der Waals surface area (Å²) in [5.41, 5.74) is 0.115. The maximum Gasteiger partial charge on any atom is 0.358 e. The number of aromatic nitrogens is 1. The van der Waals surface area contributed by atoms with Gasteiger partial charge in [-0.05, 0) is 25.7 Å². The van der Waals surface area contributed by atoms with E-state index in [1.165, 1.54) is 18.3 Å². The van der Waals surface area contributed by atoms with Crippen molar-refractivity contribution in [2.45, 2.75) is 26.7 Å². The topological polar surface area (TPSA) is 77.5 Å². The van der Waals surface area contributed by atoms with Crippen LogP contribution in [0.5, 0.6) is 0 Å². The van der Waals surface area contributed by atoms with Gasteiger partial charge in [0.2, 0.25) is 0 Å². The van der Waals surface area contributed by atoms with Crippen LogP contribution >= 0.6 is 11.3 Å². The quantitative estimate of drug-likeness (QED) is 0.642. The van der Waals surface area contributed by atoms with E-state index in [0.717, 1.165) is 32.6 Å². The summed E-state index contributed by atoms with van der Waals surface area (Å²) in [6.45, 7) is 5.77. The minimum absolute atomic E-state index is 0.115. The SMILES string of the molecule is CCOC(=O)c1nc(NCC2CCOCC2)sc1C(C)=O. The predicted octanol–water partition coefficient (Wildman–Crippen LogP) is 2.36. The summed E-state index contributed by atoms with van der Waals surface area (Å²) in [6.07, 6.45) is 2.03. The normalized spacial score (nSPS) is 15.7. The van der Waals surface area contributed by atoms with Crippen molar-refractivity contribution in [3.8, 4) is 0 Å². The van der Waals surface area contributed by atoms with Crippen LogP contribution in [0.3, 0.4) is 0 Å². The van der Waals surface area contributed by atoms with Gasteiger partial charge in [0.05, 0.1) is 6.61 Å². The van der Waals surface area contributed by atoms with E-state index in [4.69, 9.17) is 9.47 Å². The summed E-state index contributed by atoms with van der Waals surface area (Å²) in [5.74, 6) is -0.179. The molecule has 0 spiro atoms. The number of thiazole rings is 1. The molecule has 1 aromatic heterocycles. The molecule has 1 aliphatic rings. The van der Waals surface area contributed by atoms with E-state index in [9.17, 15) is 9.59 Å². The lowest BCUT2D eigenvalue weighted by Gasteiger charge is -2.21. The van der Waals surface area contributed by atoms with Crippen molar-refractivity contribution in [2.24, 2.45) is 5.92 Å². The Hall–Kier alpha value is -1.47. The smallest absolute Gasteiger partial charge is 0.358 e. The highest BCUT2D eigenvalue weighted by atomic mass is 32.1. The highest BCUT2D eigenvalue weighted by molar-refractivity contribution is 7.17. The van der Waals surface area contributed by atoms with Gasteiger partial charge in [-0.3, -0.25) is 4.79 Å². The second kappa shape index (κ2) is 7.51. The van der Waals surface area contributed by atoms with E-state index < -0.39 is 5.97 Å². The number of nitrogens with zero attached hydrogens (tertiary/aromatic N) is 1. The van der Waals surface area contributed by atoms with E-state index in [1.807, 2.05) is 0 Å². The van der Waals surface area contributed by atoms with Gasteiger partial charge in [0, 0.05) is 26.7 Å². The Balaban J connectivity index is 2.04. The molecular formula is C14H20N2O4S. The number of hydrogen-bond acceptors (Lipinski definition) is 7. The molecule has 21 heavy (non-hydrogen) atoms. The molecule has 1 aliphatic heterocycles. The third-order valence-electron chi connectivity index (χ3n) is 3.30. The van der Waals surface area contributed by atoms with Crippen LogP contribution in [0.2, 0.25) is 0 Å². The van der Waals surface area contributed by atoms with Gasteiger partial charge < -0.3 is 14.8 Å². The van der Waals surface area contributed by atoms with Crippen molar-refractivity contribution >= 4 is 28.2 Å².